The van der Waals surface area contributed by atoms with Crippen molar-refractivity contribution in [3.05, 3.63) is 23.8 Å². The molecule has 0 aromatic carbocycles. The first-order valence-electron chi connectivity index (χ1n) is 6.57. The van der Waals surface area contributed by atoms with E-state index in [2.05, 4.69) is 9.97 Å². The van der Waals surface area contributed by atoms with Gasteiger partial charge in [-0.15, -0.1) is 0 Å². The summed E-state index contributed by atoms with van der Waals surface area (Å²) in [6, 6.07) is 0. The third kappa shape index (κ3) is 2.07. The van der Waals surface area contributed by atoms with Crippen LogP contribution < -0.4 is 5.73 Å². The molecule has 1 aliphatic carbocycles. The summed E-state index contributed by atoms with van der Waals surface area (Å²) in [6.07, 6.45) is 6.43. The van der Waals surface area contributed by atoms with Crippen LogP contribution >= 0.6 is 0 Å². The van der Waals surface area contributed by atoms with E-state index in [4.69, 9.17) is 5.73 Å². The Morgan fingerprint density at radius 1 is 1.11 bits per heavy atom. The van der Waals surface area contributed by atoms with Gasteiger partial charge in [0.15, 0.2) is 11.4 Å². The molecule has 6 nitrogen and oxygen atoms in total. The molecule has 6 heteroatoms. The number of nitrogens with two attached hydrogens (primary N) is 1. The Kier molecular flexibility index (Phi) is 2.93. The minimum absolute atomic E-state index is 0.0374. The molecule has 2 aliphatic rings. The number of hydrogen-bond donors (Lipinski definition) is 1. The number of primary amides is 1. The number of carbonyl (C=O) groups excluding carboxylic acids is 2. The molecule has 1 aromatic rings. The van der Waals surface area contributed by atoms with Gasteiger partial charge in [0, 0.05) is 25.5 Å². The Hall–Kier alpha value is -1.98. The van der Waals surface area contributed by atoms with Crippen LogP contribution in [0.25, 0.3) is 0 Å². The summed E-state index contributed by atoms with van der Waals surface area (Å²) >= 11 is 0. The highest BCUT2D eigenvalue weighted by atomic mass is 16.2. The standard InChI is InChI=1S/C13H16N4O2/c14-12(18)10-11(16-5-4-15-10)13(19)17-6-8-2-1-3-9(8)7-17/h4-5,8-9H,1-3,6-7H2,(H2,14,18)/t8-,9-/m0/s1. The number of rotatable bonds is 2. The second-order valence-corrected chi connectivity index (χ2v) is 5.28. The van der Waals surface area contributed by atoms with E-state index >= 15 is 0 Å². The van der Waals surface area contributed by atoms with Gasteiger partial charge in [-0.3, -0.25) is 9.59 Å². The molecule has 2 heterocycles. The topological polar surface area (TPSA) is 89.2 Å². The second-order valence-electron chi connectivity index (χ2n) is 5.28. The fraction of sp³-hybridized carbons (Fsp3) is 0.538. The maximum absolute atomic E-state index is 12.4. The fourth-order valence-corrected chi connectivity index (χ4v) is 3.23. The molecule has 100 valence electrons. The quantitative estimate of drug-likeness (QED) is 0.836. The van der Waals surface area contributed by atoms with Gasteiger partial charge in [-0.05, 0) is 24.7 Å². The number of likely N-dealkylation sites (tertiary alicyclic amines) is 1. The van der Waals surface area contributed by atoms with E-state index in [1.165, 1.54) is 31.7 Å². The zero-order valence-electron chi connectivity index (χ0n) is 10.6. The molecule has 2 amide bonds. The molecule has 19 heavy (non-hydrogen) atoms. The zero-order chi connectivity index (χ0) is 13.4. The highest BCUT2D eigenvalue weighted by Gasteiger charge is 2.39. The maximum Gasteiger partial charge on any atom is 0.274 e. The van der Waals surface area contributed by atoms with Gasteiger partial charge in [0.2, 0.25) is 0 Å². The molecule has 2 fully saturated rings. The number of hydrogen-bond acceptors (Lipinski definition) is 4. The first kappa shape index (κ1) is 12.1. The monoisotopic (exact) mass is 260 g/mol. The van der Waals surface area contributed by atoms with Crippen LogP contribution in [0.15, 0.2) is 12.4 Å². The predicted molar refractivity (Wildman–Crippen MR) is 67.3 cm³/mol. The van der Waals surface area contributed by atoms with Gasteiger partial charge in [-0.2, -0.15) is 0 Å². The Morgan fingerprint density at radius 3 is 2.26 bits per heavy atom. The van der Waals surface area contributed by atoms with Crippen molar-refractivity contribution >= 4 is 11.8 Å². The molecule has 2 atom stereocenters. The molecule has 0 unspecified atom stereocenters. The lowest BCUT2D eigenvalue weighted by atomic mass is 10.0. The van der Waals surface area contributed by atoms with E-state index < -0.39 is 5.91 Å². The summed E-state index contributed by atoms with van der Waals surface area (Å²) < 4.78 is 0. The zero-order valence-corrected chi connectivity index (χ0v) is 10.6. The molecule has 3 rings (SSSR count). The predicted octanol–water partition coefficient (Wildman–Crippen LogP) is 0.448. The molecule has 0 bridgehead atoms. The summed E-state index contributed by atoms with van der Waals surface area (Å²) in [5.74, 6) is 0.280. The SMILES string of the molecule is NC(=O)c1nccnc1C(=O)N1C[C@@H]2CCC[C@H]2C1. The summed E-state index contributed by atoms with van der Waals surface area (Å²) in [4.78, 5) is 33.3. The lowest BCUT2D eigenvalue weighted by molar-refractivity contribution is 0.0768. The summed E-state index contributed by atoms with van der Waals surface area (Å²) in [7, 11) is 0. The molecule has 1 aliphatic heterocycles. The summed E-state index contributed by atoms with van der Waals surface area (Å²) in [5, 5.41) is 0. The highest BCUT2D eigenvalue weighted by molar-refractivity contribution is 6.04. The van der Waals surface area contributed by atoms with E-state index in [1.807, 2.05) is 0 Å². The number of aromatic nitrogens is 2. The maximum atomic E-state index is 12.4. The van der Waals surface area contributed by atoms with Crippen molar-refractivity contribution in [3.8, 4) is 0 Å². The van der Waals surface area contributed by atoms with Gasteiger partial charge in [-0.1, -0.05) is 6.42 Å². The molecule has 1 aromatic heterocycles. The highest BCUT2D eigenvalue weighted by Crippen LogP contribution is 2.38. The number of nitrogens with zero attached hydrogens (tertiary/aromatic N) is 3. The third-order valence-electron chi connectivity index (χ3n) is 4.15. The lowest BCUT2D eigenvalue weighted by Gasteiger charge is -2.17. The fourth-order valence-electron chi connectivity index (χ4n) is 3.23. The van der Waals surface area contributed by atoms with Crippen LogP contribution in [0, 0.1) is 11.8 Å². The van der Waals surface area contributed by atoms with Crippen LogP contribution in [0.1, 0.15) is 40.2 Å². The van der Waals surface area contributed by atoms with Crippen molar-refractivity contribution in [2.75, 3.05) is 13.1 Å². The smallest absolute Gasteiger partial charge is 0.274 e. The summed E-state index contributed by atoms with van der Waals surface area (Å²) in [6.45, 7) is 1.52. The molecular formula is C13H16N4O2. The molecule has 2 N–H and O–H groups in total. The van der Waals surface area contributed by atoms with Crippen LogP contribution in [0.5, 0.6) is 0 Å². The van der Waals surface area contributed by atoms with Crippen LogP contribution in [-0.4, -0.2) is 39.8 Å². The van der Waals surface area contributed by atoms with Crippen LogP contribution in [-0.2, 0) is 0 Å². The van der Waals surface area contributed by atoms with E-state index in [-0.39, 0.29) is 17.3 Å². The minimum atomic E-state index is -0.712. The van der Waals surface area contributed by atoms with E-state index in [0.29, 0.717) is 11.8 Å². The summed E-state index contributed by atoms with van der Waals surface area (Å²) in [5.41, 5.74) is 5.27. The Labute approximate surface area is 111 Å². The number of fused-ring (bicyclic) bond motifs is 1. The van der Waals surface area contributed by atoms with Gasteiger partial charge in [0.05, 0.1) is 0 Å². The lowest BCUT2D eigenvalue weighted by Crippen LogP contribution is -2.32. The van der Waals surface area contributed by atoms with Crippen molar-refractivity contribution < 1.29 is 9.59 Å². The molecule has 1 saturated heterocycles. The van der Waals surface area contributed by atoms with Crippen LogP contribution in [0.2, 0.25) is 0 Å². The largest absolute Gasteiger partial charge is 0.364 e. The van der Waals surface area contributed by atoms with Crippen molar-refractivity contribution in [2.45, 2.75) is 19.3 Å². The van der Waals surface area contributed by atoms with Gasteiger partial charge in [0.25, 0.3) is 11.8 Å². The Bertz CT molecular complexity index is 519. The van der Waals surface area contributed by atoms with Gasteiger partial charge in [0.1, 0.15) is 0 Å². The second kappa shape index (κ2) is 4.60. The average molecular weight is 260 g/mol. The number of amides is 2. The first-order chi connectivity index (χ1) is 9.16. The van der Waals surface area contributed by atoms with Gasteiger partial charge < -0.3 is 10.6 Å². The van der Waals surface area contributed by atoms with Crippen molar-refractivity contribution in [3.63, 3.8) is 0 Å². The molecule has 0 spiro atoms. The van der Waals surface area contributed by atoms with Crippen LogP contribution in [0.3, 0.4) is 0 Å². The average Bonchev–Trinajstić information content (AvgIpc) is 2.98. The van der Waals surface area contributed by atoms with E-state index in [1.54, 1.807) is 4.90 Å². The normalized spacial score (nSPS) is 25.4. The first-order valence-corrected chi connectivity index (χ1v) is 6.57. The van der Waals surface area contributed by atoms with Crippen molar-refractivity contribution in [2.24, 2.45) is 17.6 Å². The van der Waals surface area contributed by atoms with Crippen molar-refractivity contribution in [1.82, 2.24) is 14.9 Å². The van der Waals surface area contributed by atoms with Crippen molar-refractivity contribution in [1.29, 1.82) is 0 Å². The molecule has 1 saturated carbocycles. The van der Waals surface area contributed by atoms with E-state index in [9.17, 15) is 9.59 Å². The van der Waals surface area contributed by atoms with Crippen LogP contribution in [0.4, 0.5) is 0 Å². The number of carbonyl (C=O) groups is 2. The van der Waals surface area contributed by atoms with Gasteiger partial charge >= 0.3 is 0 Å². The Balaban J connectivity index is 1.83. The van der Waals surface area contributed by atoms with E-state index in [0.717, 1.165) is 13.1 Å². The molecule has 0 radical (unpaired) electrons. The van der Waals surface area contributed by atoms with Gasteiger partial charge in [-0.25, -0.2) is 9.97 Å². The third-order valence-corrected chi connectivity index (χ3v) is 4.15. The Morgan fingerprint density at radius 2 is 1.68 bits per heavy atom. The molecular weight excluding hydrogens is 244 g/mol. The minimum Gasteiger partial charge on any atom is -0.364 e.